The number of hydrogen-bond donors (Lipinski definition) is 2. The standard InChI is InChI=1S/C24H24N2O2/c1-15-12-17(3)22(18(4)13-15)26-24(28)20-11-10-16(2)21(14-20)25-23(27)19-8-6-5-7-9-19/h5-14H,1-4H3,(H,25,27)(H,26,28). The van der Waals surface area contributed by atoms with Crippen LogP contribution >= 0.6 is 0 Å². The molecule has 0 unspecified atom stereocenters. The van der Waals surface area contributed by atoms with Gasteiger partial charge in [-0.3, -0.25) is 9.59 Å². The van der Waals surface area contributed by atoms with Gasteiger partial charge in [0.05, 0.1) is 0 Å². The Labute approximate surface area is 165 Å². The minimum Gasteiger partial charge on any atom is -0.322 e. The molecular formula is C24H24N2O2. The van der Waals surface area contributed by atoms with Crippen LogP contribution in [-0.2, 0) is 0 Å². The van der Waals surface area contributed by atoms with E-state index >= 15 is 0 Å². The fourth-order valence-electron chi connectivity index (χ4n) is 3.24. The maximum atomic E-state index is 12.8. The predicted octanol–water partition coefficient (Wildman–Crippen LogP) is 5.42. The summed E-state index contributed by atoms with van der Waals surface area (Å²) in [4.78, 5) is 25.2. The molecule has 4 heteroatoms. The van der Waals surface area contributed by atoms with Crippen LogP contribution in [0.3, 0.4) is 0 Å². The number of carbonyl (C=O) groups is 2. The highest BCUT2D eigenvalue weighted by Gasteiger charge is 2.13. The van der Waals surface area contributed by atoms with Crippen LogP contribution in [0.2, 0.25) is 0 Å². The summed E-state index contributed by atoms with van der Waals surface area (Å²) >= 11 is 0. The van der Waals surface area contributed by atoms with Crippen molar-refractivity contribution in [1.82, 2.24) is 0 Å². The lowest BCUT2D eigenvalue weighted by Crippen LogP contribution is -2.16. The van der Waals surface area contributed by atoms with Crippen LogP contribution in [0, 0.1) is 27.7 Å². The minimum atomic E-state index is -0.203. The first kappa shape index (κ1) is 19.4. The molecule has 0 aliphatic rings. The molecule has 3 aromatic rings. The molecule has 0 saturated carbocycles. The summed E-state index contributed by atoms with van der Waals surface area (Å²) in [5.41, 5.74) is 6.62. The van der Waals surface area contributed by atoms with E-state index in [-0.39, 0.29) is 11.8 Å². The molecule has 2 N–H and O–H groups in total. The van der Waals surface area contributed by atoms with Crippen LogP contribution in [-0.4, -0.2) is 11.8 Å². The topological polar surface area (TPSA) is 58.2 Å². The Kier molecular flexibility index (Phi) is 5.59. The van der Waals surface area contributed by atoms with Gasteiger partial charge in [-0.1, -0.05) is 42.0 Å². The average molecular weight is 372 g/mol. The Morgan fingerprint density at radius 3 is 1.89 bits per heavy atom. The van der Waals surface area contributed by atoms with E-state index in [1.165, 1.54) is 0 Å². The van der Waals surface area contributed by atoms with Crippen molar-refractivity contribution in [3.05, 3.63) is 94.0 Å². The molecule has 2 amide bonds. The number of nitrogens with one attached hydrogen (secondary N) is 2. The maximum absolute atomic E-state index is 12.8. The molecule has 4 nitrogen and oxygen atoms in total. The SMILES string of the molecule is Cc1cc(C)c(NC(=O)c2ccc(C)c(NC(=O)c3ccccc3)c2)c(C)c1. The van der Waals surface area contributed by atoms with E-state index in [0.717, 1.165) is 27.9 Å². The summed E-state index contributed by atoms with van der Waals surface area (Å²) in [6.07, 6.45) is 0. The number of benzene rings is 3. The van der Waals surface area contributed by atoms with Crippen molar-refractivity contribution in [1.29, 1.82) is 0 Å². The number of amides is 2. The van der Waals surface area contributed by atoms with Crippen LogP contribution < -0.4 is 10.6 Å². The lowest BCUT2D eigenvalue weighted by atomic mass is 10.0. The van der Waals surface area contributed by atoms with Gasteiger partial charge in [0.15, 0.2) is 0 Å². The van der Waals surface area contributed by atoms with Crippen molar-refractivity contribution in [2.24, 2.45) is 0 Å². The van der Waals surface area contributed by atoms with E-state index < -0.39 is 0 Å². The van der Waals surface area contributed by atoms with Crippen molar-refractivity contribution < 1.29 is 9.59 Å². The highest BCUT2D eigenvalue weighted by Crippen LogP contribution is 2.24. The van der Waals surface area contributed by atoms with Crippen molar-refractivity contribution in [2.45, 2.75) is 27.7 Å². The number of carbonyl (C=O) groups excluding carboxylic acids is 2. The van der Waals surface area contributed by atoms with Gasteiger partial charge in [0.2, 0.25) is 0 Å². The maximum Gasteiger partial charge on any atom is 0.255 e. The molecular weight excluding hydrogens is 348 g/mol. The average Bonchev–Trinajstić information content (AvgIpc) is 2.66. The van der Waals surface area contributed by atoms with Gasteiger partial charge in [-0.15, -0.1) is 0 Å². The quantitative estimate of drug-likeness (QED) is 0.642. The predicted molar refractivity (Wildman–Crippen MR) is 114 cm³/mol. The second-order valence-electron chi connectivity index (χ2n) is 7.08. The van der Waals surface area contributed by atoms with Gasteiger partial charge in [-0.2, -0.15) is 0 Å². The molecule has 0 saturated heterocycles. The zero-order chi connectivity index (χ0) is 20.3. The van der Waals surface area contributed by atoms with Crippen molar-refractivity contribution in [3.63, 3.8) is 0 Å². The van der Waals surface area contributed by atoms with Crippen molar-refractivity contribution in [3.8, 4) is 0 Å². The lowest BCUT2D eigenvalue weighted by molar-refractivity contribution is 0.101. The van der Waals surface area contributed by atoms with Crippen LogP contribution in [0.25, 0.3) is 0 Å². The zero-order valence-corrected chi connectivity index (χ0v) is 16.6. The molecule has 0 aliphatic heterocycles. The molecule has 3 aromatic carbocycles. The van der Waals surface area contributed by atoms with Crippen LogP contribution in [0.5, 0.6) is 0 Å². The summed E-state index contributed by atoms with van der Waals surface area (Å²) in [6.45, 7) is 7.90. The fourth-order valence-corrected chi connectivity index (χ4v) is 3.24. The van der Waals surface area contributed by atoms with Gasteiger partial charge in [-0.25, -0.2) is 0 Å². The third-order valence-electron chi connectivity index (χ3n) is 4.70. The zero-order valence-electron chi connectivity index (χ0n) is 16.6. The van der Waals surface area contributed by atoms with E-state index in [1.54, 1.807) is 24.3 Å². The van der Waals surface area contributed by atoms with Gasteiger partial charge >= 0.3 is 0 Å². The summed E-state index contributed by atoms with van der Waals surface area (Å²) < 4.78 is 0. The van der Waals surface area contributed by atoms with Crippen LogP contribution in [0.1, 0.15) is 43.0 Å². The third kappa shape index (κ3) is 4.29. The molecule has 0 spiro atoms. The Morgan fingerprint density at radius 2 is 1.25 bits per heavy atom. The largest absolute Gasteiger partial charge is 0.322 e. The molecule has 0 fully saturated rings. The van der Waals surface area contributed by atoms with E-state index in [2.05, 4.69) is 10.6 Å². The van der Waals surface area contributed by atoms with Gasteiger partial charge in [0.1, 0.15) is 0 Å². The molecule has 0 bridgehead atoms. The summed E-state index contributed by atoms with van der Waals surface area (Å²) in [5, 5.41) is 5.90. The highest BCUT2D eigenvalue weighted by molar-refractivity contribution is 6.08. The molecule has 0 heterocycles. The normalized spacial score (nSPS) is 10.4. The minimum absolute atomic E-state index is 0.202. The molecule has 0 aromatic heterocycles. The molecule has 28 heavy (non-hydrogen) atoms. The Bertz CT molecular complexity index is 1020. The third-order valence-corrected chi connectivity index (χ3v) is 4.70. The molecule has 0 radical (unpaired) electrons. The number of aryl methyl sites for hydroxylation is 4. The van der Waals surface area contributed by atoms with Crippen molar-refractivity contribution in [2.75, 3.05) is 10.6 Å². The van der Waals surface area contributed by atoms with Gasteiger partial charge in [0, 0.05) is 22.5 Å². The number of anilines is 2. The van der Waals surface area contributed by atoms with E-state index in [0.29, 0.717) is 16.8 Å². The van der Waals surface area contributed by atoms with E-state index in [9.17, 15) is 9.59 Å². The van der Waals surface area contributed by atoms with Crippen molar-refractivity contribution >= 4 is 23.2 Å². The first-order valence-corrected chi connectivity index (χ1v) is 9.21. The summed E-state index contributed by atoms with van der Waals surface area (Å²) in [5.74, 6) is -0.406. The monoisotopic (exact) mass is 372 g/mol. The van der Waals surface area contributed by atoms with Gasteiger partial charge in [0.25, 0.3) is 11.8 Å². The van der Waals surface area contributed by atoms with Crippen LogP contribution in [0.15, 0.2) is 60.7 Å². The molecule has 0 atom stereocenters. The molecule has 142 valence electrons. The summed E-state index contributed by atoms with van der Waals surface area (Å²) in [6, 6.07) is 18.4. The smallest absolute Gasteiger partial charge is 0.255 e. The van der Waals surface area contributed by atoms with Gasteiger partial charge < -0.3 is 10.6 Å². The second kappa shape index (κ2) is 8.09. The second-order valence-corrected chi connectivity index (χ2v) is 7.08. The van der Waals surface area contributed by atoms with Crippen LogP contribution in [0.4, 0.5) is 11.4 Å². The number of rotatable bonds is 4. The number of hydrogen-bond acceptors (Lipinski definition) is 2. The highest BCUT2D eigenvalue weighted by atomic mass is 16.2. The van der Waals surface area contributed by atoms with E-state index in [4.69, 9.17) is 0 Å². The molecule has 0 aliphatic carbocycles. The Balaban J connectivity index is 1.83. The first-order chi connectivity index (χ1) is 13.3. The van der Waals surface area contributed by atoms with Gasteiger partial charge in [-0.05, 0) is 68.7 Å². The fraction of sp³-hybridized carbons (Fsp3) is 0.167. The Hall–Kier alpha value is -3.40. The first-order valence-electron chi connectivity index (χ1n) is 9.21. The summed E-state index contributed by atoms with van der Waals surface area (Å²) in [7, 11) is 0. The van der Waals surface area contributed by atoms with E-state index in [1.807, 2.05) is 64.1 Å². The lowest BCUT2D eigenvalue weighted by Gasteiger charge is -2.14. The molecule has 3 rings (SSSR count). The Morgan fingerprint density at radius 1 is 0.643 bits per heavy atom.